The number of amides is 1. The molecule has 0 saturated carbocycles. The van der Waals surface area contributed by atoms with Crippen LogP contribution < -0.4 is 0 Å². The first-order valence-corrected chi connectivity index (χ1v) is 6.12. The van der Waals surface area contributed by atoms with E-state index in [-0.39, 0.29) is 12.0 Å². The summed E-state index contributed by atoms with van der Waals surface area (Å²) in [6, 6.07) is 1.85. The van der Waals surface area contributed by atoms with Crippen molar-refractivity contribution in [2.24, 2.45) is 0 Å². The molecule has 4 nitrogen and oxygen atoms in total. The summed E-state index contributed by atoms with van der Waals surface area (Å²) in [5, 5.41) is 0. The van der Waals surface area contributed by atoms with Gasteiger partial charge in [-0.3, -0.25) is 9.78 Å². The van der Waals surface area contributed by atoms with Crippen LogP contribution in [-0.2, 0) is 4.74 Å². The third-order valence-corrected chi connectivity index (χ3v) is 3.06. The Bertz CT molecular complexity index is 411. The number of pyridine rings is 1. The number of nitrogens with zero attached hydrogens (tertiary/aromatic N) is 2. The molecule has 1 aliphatic rings. The number of carbonyl (C=O) groups excluding carboxylic acids is 1. The summed E-state index contributed by atoms with van der Waals surface area (Å²) in [5.74, 6) is 0.412. The van der Waals surface area contributed by atoms with Crippen molar-refractivity contribution >= 4 is 17.5 Å². The maximum Gasteiger partial charge on any atom is 0.255 e. The summed E-state index contributed by atoms with van der Waals surface area (Å²) in [6.45, 7) is 3.63. The summed E-state index contributed by atoms with van der Waals surface area (Å²) < 4.78 is 5.43. The highest BCUT2D eigenvalue weighted by molar-refractivity contribution is 6.18. The molecule has 2 heterocycles. The Hall–Kier alpha value is -1.13. The topological polar surface area (TPSA) is 42.4 Å². The van der Waals surface area contributed by atoms with Crippen LogP contribution in [0.3, 0.4) is 0 Å². The molecule has 0 aromatic carbocycles. The number of hydrogen-bond acceptors (Lipinski definition) is 3. The van der Waals surface area contributed by atoms with Gasteiger partial charge in [-0.05, 0) is 18.6 Å². The second kappa shape index (κ2) is 5.47. The van der Waals surface area contributed by atoms with E-state index in [0.717, 1.165) is 5.56 Å². The summed E-state index contributed by atoms with van der Waals surface area (Å²) in [6.07, 6.45) is 3.27. The van der Waals surface area contributed by atoms with Gasteiger partial charge in [-0.15, -0.1) is 11.6 Å². The molecule has 0 radical (unpaired) electrons. The fraction of sp³-hybridized carbons (Fsp3) is 0.500. The van der Waals surface area contributed by atoms with E-state index in [1.807, 2.05) is 13.0 Å². The molecule has 17 heavy (non-hydrogen) atoms. The Kier molecular flexibility index (Phi) is 3.97. The maximum absolute atomic E-state index is 12.2. The molecular weight excluding hydrogens is 240 g/mol. The molecule has 1 aliphatic heterocycles. The summed E-state index contributed by atoms with van der Waals surface area (Å²) in [7, 11) is 0. The van der Waals surface area contributed by atoms with E-state index in [2.05, 4.69) is 4.98 Å². The third kappa shape index (κ3) is 2.96. The van der Waals surface area contributed by atoms with Crippen molar-refractivity contribution in [2.45, 2.75) is 13.0 Å². The predicted octanol–water partition coefficient (Wildman–Crippen LogP) is 1.47. The molecule has 5 heteroatoms. The van der Waals surface area contributed by atoms with Gasteiger partial charge >= 0.3 is 0 Å². The summed E-state index contributed by atoms with van der Waals surface area (Å²) in [5.41, 5.74) is 1.61. The van der Waals surface area contributed by atoms with Crippen molar-refractivity contribution in [3.63, 3.8) is 0 Å². The summed E-state index contributed by atoms with van der Waals surface area (Å²) >= 11 is 5.75. The molecule has 1 aromatic heterocycles. The lowest BCUT2D eigenvalue weighted by atomic mass is 10.2. The molecule has 0 N–H and O–H groups in total. The molecule has 0 bridgehead atoms. The predicted molar refractivity (Wildman–Crippen MR) is 65.3 cm³/mol. The lowest BCUT2D eigenvalue weighted by Crippen LogP contribution is -2.46. The van der Waals surface area contributed by atoms with Gasteiger partial charge in [0.05, 0.1) is 24.2 Å². The number of morpholine rings is 1. The molecular formula is C12H15ClN2O2. The Morgan fingerprint density at radius 1 is 1.65 bits per heavy atom. The summed E-state index contributed by atoms with van der Waals surface area (Å²) in [4.78, 5) is 18.0. The van der Waals surface area contributed by atoms with Crippen molar-refractivity contribution in [3.05, 3.63) is 29.6 Å². The largest absolute Gasteiger partial charge is 0.373 e. The van der Waals surface area contributed by atoms with Gasteiger partial charge in [-0.1, -0.05) is 0 Å². The third-order valence-electron chi connectivity index (χ3n) is 2.72. The second-order valence-corrected chi connectivity index (χ2v) is 4.46. The Labute approximate surface area is 106 Å². The van der Waals surface area contributed by atoms with Gasteiger partial charge in [0.1, 0.15) is 0 Å². The van der Waals surface area contributed by atoms with Crippen LogP contribution >= 0.6 is 11.6 Å². The Balaban J connectivity index is 2.09. The van der Waals surface area contributed by atoms with E-state index in [4.69, 9.17) is 16.3 Å². The van der Waals surface area contributed by atoms with Crippen molar-refractivity contribution in [3.8, 4) is 0 Å². The normalized spacial score (nSPS) is 20.4. The highest BCUT2D eigenvalue weighted by atomic mass is 35.5. The van der Waals surface area contributed by atoms with Crippen LogP contribution in [0, 0.1) is 6.92 Å². The van der Waals surface area contributed by atoms with Crippen molar-refractivity contribution < 1.29 is 9.53 Å². The first-order valence-electron chi connectivity index (χ1n) is 5.59. The van der Waals surface area contributed by atoms with Gasteiger partial charge in [0.15, 0.2) is 0 Å². The fourth-order valence-electron chi connectivity index (χ4n) is 1.85. The molecule has 1 unspecified atom stereocenters. The molecule has 1 atom stereocenters. The van der Waals surface area contributed by atoms with Gasteiger partial charge in [0, 0.05) is 25.5 Å². The van der Waals surface area contributed by atoms with Gasteiger partial charge in [-0.2, -0.15) is 0 Å². The zero-order valence-electron chi connectivity index (χ0n) is 9.73. The first kappa shape index (κ1) is 12.3. The van der Waals surface area contributed by atoms with E-state index in [0.29, 0.717) is 31.1 Å². The van der Waals surface area contributed by atoms with Gasteiger partial charge < -0.3 is 9.64 Å². The minimum Gasteiger partial charge on any atom is -0.373 e. The van der Waals surface area contributed by atoms with E-state index < -0.39 is 0 Å². The molecule has 2 rings (SSSR count). The van der Waals surface area contributed by atoms with Crippen LogP contribution in [0.25, 0.3) is 0 Å². The molecule has 1 aromatic rings. The van der Waals surface area contributed by atoms with E-state index >= 15 is 0 Å². The molecule has 0 aliphatic carbocycles. The fourth-order valence-corrected chi connectivity index (χ4v) is 2.04. The lowest BCUT2D eigenvalue weighted by molar-refractivity contribution is -0.0108. The zero-order chi connectivity index (χ0) is 12.3. The average molecular weight is 255 g/mol. The average Bonchev–Trinajstić information content (AvgIpc) is 2.38. The molecule has 1 saturated heterocycles. The van der Waals surface area contributed by atoms with Crippen LogP contribution in [0.15, 0.2) is 18.5 Å². The first-order chi connectivity index (χ1) is 8.20. The quantitative estimate of drug-likeness (QED) is 0.751. The second-order valence-electron chi connectivity index (χ2n) is 4.15. The molecule has 0 spiro atoms. The number of rotatable bonds is 2. The molecule has 1 amide bonds. The van der Waals surface area contributed by atoms with Crippen LogP contribution in [-0.4, -0.2) is 47.5 Å². The van der Waals surface area contributed by atoms with Crippen molar-refractivity contribution in [1.82, 2.24) is 9.88 Å². The monoisotopic (exact) mass is 254 g/mol. The van der Waals surface area contributed by atoms with E-state index in [9.17, 15) is 4.79 Å². The van der Waals surface area contributed by atoms with Crippen LogP contribution in [0.5, 0.6) is 0 Å². The number of aromatic nitrogens is 1. The number of alkyl halides is 1. The van der Waals surface area contributed by atoms with Crippen LogP contribution in [0.1, 0.15) is 15.9 Å². The zero-order valence-corrected chi connectivity index (χ0v) is 10.5. The van der Waals surface area contributed by atoms with Crippen LogP contribution in [0.2, 0.25) is 0 Å². The molecule has 1 fully saturated rings. The van der Waals surface area contributed by atoms with Gasteiger partial charge in [-0.25, -0.2) is 0 Å². The minimum absolute atomic E-state index is 0.000355. The number of halogens is 1. The number of hydrogen-bond donors (Lipinski definition) is 0. The smallest absolute Gasteiger partial charge is 0.255 e. The lowest BCUT2D eigenvalue weighted by Gasteiger charge is -2.32. The SMILES string of the molecule is Cc1cncc(C(=O)N2CCOC(CCl)C2)c1. The maximum atomic E-state index is 12.2. The Morgan fingerprint density at radius 3 is 3.18 bits per heavy atom. The van der Waals surface area contributed by atoms with E-state index in [1.165, 1.54) is 0 Å². The minimum atomic E-state index is -0.0628. The van der Waals surface area contributed by atoms with Gasteiger partial charge in [0.25, 0.3) is 5.91 Å². The molecule has 92 valence electrons. The van der Waals surface area contributed by atoms with Gasteiger partial charge in [0.2, 0.25) is 0 Å². The van der Waals surface area contributed by atoms with Crippen molar-refractivity contribution in [2.75, 3.05) is 25.6 Å². The standard InChI is InChI=1S/C12H15ClN2O2/c1-9-4-10(7-14-6-9)12(16)15-2-3-17-11(5-13)8-15/h4,6-7,11H,2-3,5,8H2,1H3. The highest BCUT2D eigenvalue weighted by Crippen LogP contribution is 2.11. The Morgan fingerprint density at radius 2 is 2.47 bits per heavy atom. The van der Waals surface area contributed by atoms with E-state index in [1.54, 1.807) is 17.3 Å². The number of aryl methyl sites for hydroxylation is 1. The highest BCUT2D eigenvalue weighted by Gasteiger charge is 2.24. The van der Waals surface area contributed by atoms with Crippen molar-refractivity contribution in [1.29, 1.82) is 0 Å². The number of carbonyl (C=O) groups is 1. The number of ether oxygens (including phenoxy) is 1. The van der Waals surface area contributed by atoms with Crippen LogP contribution in [0.4, 0.5) is 0 Å².